The number of aromatic nitrogens is 4. The number of halogens is 1. The molecule has 140 valence electrons. The van der Waals surface area contributed by atoms with E-state index in [0.29, 0.717) is 11.3 Å². The molecule has 7 nitrogen and oxygen atoms in total. The number of carboxylic acids is 1. The molecule has 0 unspecified atom stereocenters. The molecule has 4 rings (SSSR count). The normalized spacial score (nSPS) is 11.1. The van der Waals surface area contributed by atoms with Crippen LogP contribution < -0.4 is 0 Å². The molecule has 0 amide bonds. The summed E-state index contributed by atoms with van der Waals surface area (Å²) in [5.74, 6) is -2.15. The fourth-order valence-corrected chi connectivity index (χ4v) is 3.11. The third-order valence-corrected chi connectivity index (χ3v) is 4.56. The Balaban J connectivity index is 1.66. The number of carbonyl (C=O) groups excluding carboxylic acids is 1. The number of carboxylic acid groups (broad SMARTS) is 1. The summed E-state index contributed by atoms with van der Waals surface area (Å²) in [5.41, 5.74) is 2.64. The second kappa shape index (κ2) is 6.73. The molecule has 0 aliphatic rings. The van der Waals surface area contributed by atoms with Gasteiger partial charge in [-0.25, -0.2) is 14.2 Å². The van der Waals surface area contributed by atoms with Gasteiger partial charge in [0.15, 0.2) is 5.78 Å². The Morgan fingerprint density at radius 1 is 1.18 bits per heavy atom. The number of fused-ring (bicyclic) bond motifs is 1. The Morgan fingerprint density at radius 2 is 2.00 bits per heavy atom. The molecule has 4 aromatic rings. The molecule has 0 bridgehead atoms. The average molecular weight is 378 g/mol. The van der Waals surface area contributed by atoms with E-state index in [0.717, 1.165) is 17.3 Å². The van der Waals surface area contributed by atoms with Crippen LogP contribution >= 0.6 is 0 Å². The first-order valence-corrected chi connectivity index (χ1v) is 8.44. The summed E-state index contributed by atoms with van der Waals surface area (Å²) in [5, 5.41) is 13.2. The highest BCUT2D eigenvalue weighted by Gasteiger charge is 2.17. The molecule has 0 aliphatic carbocycles. The lowest BCUT2D eigenvalue weighted by molar-refractivity contribution is 0.0696. The Kier molecular flexibility index (Phi) is 4.23. The van der Waals surface area contributed by atoms with E-state index in [1.165, 1.54) is 18.3 Å². The van der Waals surface area contributed by atoms with Crippen LogP contribution in [0.2, 0.25) is 0 Å². The number of hydrogen-bond acceptors (Lipinski definition) is 4. The summed E-state index contributed by atoms with van der Waals surface area (Å²) in [7, 11) is 1.83. The fraction of sp³-hybridized carbons (Fsp3) is 0.100. The zero-order chi connectivity index (χ0) is 19.8. The van der Waals surface area contributed by atoms with E-state index in [2.05, 4.69) is 10.1 Å². The Labute approximate surface area is 158 Å². The van der Waals surface area contributed by atoms with Gasteiger partial charge in [0.1, 0.15) is 17.2 Å². The molecule has 0 atom stereocenters. The lowest BCUT2D eigenvalue weighted by atomic mass is 10.0. The smallest absolute Gasteiger partial charge is 0.335 e. The number of Topliss-reactive ketones (excluding diaryl/α,β-unsaturated/α-hetero) is 1. The second-order valence-electron chi connectivity index (χ2n) is 6.34. The molecule has 3 aromatic heterocycles. The van der Waals surface area contributed by atoms with E-state index in [4.69, 9.17) is 5.11 Å². The lowest BCUT2D eigenvalue weighted by Crippen LogP contribution is -2.09. The van der Waals surface area contributed by atoms with Crippen molar-refractivity contribution < 1.29 is 19.1 Å². The number of aryl methyl sites for hydroxylation is 1. The minimum atomic E-state index is -1.17. The minimum absolute atomic E-state index is 0.0337. The molecule has 8 heteroatoms. The van der Waals surface area contributed by atoms with Crippen LogP contribution in [0.1, 0.15) is 26.4 Å². The largest absolute Gasteiger partial charge is 0.478 e. The van der Waals surface area contributed by atoms with Gasteiger partial charge in [0.2, 0.25) is 0 Å². The van der Waals surface area contributed by atoms with Gasteiger partial charge >= 0.3 is 5.97 Å². The summed E-state index contributed by atoms with van der Waals surface area (Å²) in [6, 6.07) is 8.95. The van der Waals surface area contributed by atoms with Gasteiger partial charge in [-0.1, -0.05) is 0 Å². The third kappa shape index (κ3) is 3.05. The number of hydrogen-bond donors (Lipinski definition) is 1. The first kappa shape index (κ1) is 17.6. The highest BCUT2D eigenvalue weighted by atomic mass is 19.1. The zero-order valence-electron chi connectivity index (χ0n) is 14.8. The van der Waals surface area contributed by atoms with Crippen molar-refractivity contribution in [2.45, 2.75) is 6.42 Å². The van der Waals surface area contributed by atoms with Crippen LogP contribution in [-0.2, 0) is 13.5 Å². The lowest BCUT2D eigenvalue weighted by Gasteiger charge is -2.06. The van der Waals surface area contributed by atoms with E-state index >= 15 is 0 Å². The number of imidazole rings is 1. The first-order chi connectivity index (χ1) is 13.4. The number of ketones is 1. The number of rotatable bonds is 5. The van der Waals surface area contributed by atoms with E-state index in [9.17, 15) is 14.0 Å². The Bertz CT molecular complexity index is 1230. The van der Waals surface area contributed by atoms with Gasteiger partial charge in [0.05, 0.1) is 17.5 Å². The Morgan fingerprint density at radius 3 is 2.71 bits per heavy atom. The standard InChI is InChI=1S/C20H15FN4O3/c1-24-16(4-6-23-24)12-5-7-25-17(11-22-19(25)10-12)18(26)9-14-8-13(20(27)28)2-3-15(14)21/h2-8,10-11H,9H2,1H3,(H,27,28). The summed E-state index contributed by atoms with van der Waals surface area (Å²) in [6.45, 7) is 0. The monoisotopic (exact) mass is 378 g/mol. The molecule has 1 aromatic carbocycles. The number of nitrogens with zero attached hydrogens (tertiary/aromatic N) is 4. The fourth-order valence-electron chi connectivity index (χ4n) is 3.11. The van der Waals surface area contributed by atoms with Crippen LogP contribution in [-0.4, -0.2) is 36.0 Å². The van der Waals surface area contributed by atoms with Crippen molar-refractivity contribution in [3.05, 3.63) is 77.6 Å². The van der Waals surface area contributed by atoms with Crippen LogP contribution in [0.25, 0.3) is 16.9 Å². The van der Waals surface area contributed by atoms with Gasteiger partial charge in [-0.05, 0) is 42.0 Å². The maximum absolute atomic E-state index is 14.0. The van der Waals surface area contributed by atoms with Crippen LogP contribution in [0.3, 0.4) is 0 Å². The molecule has 0 fully saturated rings. The molecule has 1 N–H and O–H groups in total. The average Bonchev–Trinajstić information content (AvgIpc) is 3.28. The quantitative estimate of drug-likeness (QED) is 0.539. The number of pyridine rings is 1. The highest BCUT2D eigenvalue weighted by Crippen LogP contribution is 2.21. The minimum Gasteiger partial charge on any atom is -0.478 e. The number of aromatic carboxylic acids is 1. The van der Waals surface area contributed by atoms with Crippen molar-refractivity contribution in [2.75, 3.05) is 0 Å². The molecule has 0 saturated carbocycles. The van der Waals surface area contributed by atoms with Crippen molar-refractivity contribution in [1.82, 2.24) is 19.2 Å². The van der Waals surface area contributed by atoms with Crippen LogP contribution in [0.4, 0.5) is 4.39 Å². The Hall–Kier alpha value is -3.81. The van der Waals surface area contributed by atoms with Crippen molar-refractivity contribution in [1.29, 1.82) is 0 Å². The summed E-state index contributed by atoms with van der Waals surface area (Å²) in [6.07, 6.45) is 4.59. The van der Waals surface area contributed by atoms with Gasteiger partial charge < -0.3 is 5.11 Å². The van der Waals surface area contributed by atoms with Gasteiger partial charge in [0.25, 0.3) is 0 Å². The van der Waals surface area contributed by atoms with Crippen molar-refractivity contribution in [3.8, 4) is 11.3 Å². The van der Waals surface area contributed by atoms with Crippen LogP contribution in [0.5, 0.6) is 0 Å². The summed E-state index contributed by atoms with van der Waals surface area (Å²) >= 11 is 0. The summed E-state index contributed by atoms with van der Waals surface area (Å²) < 4.78 is 17.4. The molecule has 0 saturated heterocycles. The van der Waals surface area contributed by atoms with E-state index < -0.39 is 11.8 Å². The zero-order valence-corrected chi connectivity index (χ0v) is 14.8. The molecular weight excluding hydrogens is 363 g/mol. The van der Waals surface area contributed by atoms with E-state index in [1.807, 2.05) is 25.2 Å². The van der Waals surface area contributed by atoms with Gasteiger partial charge in [-0.2, -0.15) is 5.10 Å². The van der Waals surface area contributed by atoms with E-state index in [1.54, 1.807) is 21.5 Å². The predicted octanol–water partition coefficient (Wildman–Crippen LogP) is 3.00. The van der Waals surface area contributed by atoms with Crippen LogP contribution in [0, 0.1) is 5.82 Å². The molecule has 0 aliphatic heterocycles. The molecule has 0 spiro atoms. The molecule has 0 radical (unpaired) electrons. The topological polar surface area (TPSA) is 89.5 Å². The maximum atomic E-state index is 14.0. The van der Waals surface area contributed by atoms with Gasteiger partial charge in [-0.3, -0.25) is 13.9 Å². The second-order valence-corrected chi connectivity index (χ2v) is 6.34. The van der Waals surface area contributed by atoms with Crippen molar-refractivity contribution in [2.24, 2.45) is 7.05 Å². The predicted molar refractivity (Wildman–Crippen MR) is 98.8 cm³/mol. The maximum Gasteiger partial charge on any atom is 0.335 e. The molecule has 28 heavy (non-hydrogen) atoms. The van der Waals surface area contributed by atoms with Gasteiger partial charge in [0, 0.05) is 31.4 Å². The SMILES string of the molecule is Cn1nccc1-c1ccn2c(C(=O)Cc3cc(C(=O)O)ccc3F)cnc2c1. The molecule has 3 heterocycles. The summed E-state index contributed by atoms with van der Waals surface area (Å²) in [4.78, 5) is 28.1. The number of carbonyl (C=O) groups is 2. The van der Waals surface area contributed by atoms with E-state index in [-0.39, 0.29) is 23.3 Å². The third-order valence-electron chi connectivity index (χ3n) is 4.56. The number of benzene rings is 1. The van der Waals surface area contributed by atoms with Gasteiger partial charge in [-0.15, -0.1) is 0 Å². The van der Waals surface area contributed by atoms with Crippen LogP contribution in [0.15, 0.2) is 55.0 Å². The van der Waals surface area contributed by atoms with Crippen molar-refractivity contribution >= 4 is 17.4 Å². The highest BCUT2D eigenvalue weighted by molar-refractivity contribution is 5.97. The first-order valence-electron chi connectivity index (χ1n) is 8.44. The van der Waals surface area contributed by atoms with Crippen molar-refractivity contribution in [3.63, 3.8) is 0 Å². The molecular formula is C20H15FN4O3.